The summed E-state index contributed by atoms with van der Waals surface area (Å²) in [4.78, 5) is 7.71. The van der Waals surface area contributed by atoms with Crippen molar-refractivity contribution in [3.05, 3.63) is 308 Å². The molecule has 0 radical (unpaired) electrons. The van der Waals surface area contributed by atoms with Crippen LogP contribution in [0, 0.1) is 0 Å². The van der Waals surface area contributed by atoms with Crippen LogP contribution in [0.4, 0.5) is 51.2 Å². The van der Waals surface area contributed by atoms with Gasteiger partial charge in [0.25, 0.3) is 6.71 Å². The topological polar surface area (TPSA) is 14.7 Å². The number of aromatic nitrogens is 1. The fourth-order valence-electron chi connectivity index (χ4n) is 14.9. The first-order chi connectivity index (χ1) is 44.4. The van der Waals surface area contributed by atoms with Crippen molar-refractivity contribution in [2.24, 2.45) is 0 Å². The molecule has 4 heterocycles. The minimum atomic E-state index is -0.194. The van der Waals surface area contributed by atoms with Crippen LogP contribution in [0.5, 0.6) is 0 Å². The van der Waals surface area contributed by atoms with Crippen molar-refractivity contribution >= 4 is 96.1 Å². The van der Waals surface area contributed by atoms with Crippen LogP contribution >= 0.6 is 0 Å². The molecule has 0 bridgehead atoms. The van der Waals surface area contributed by atoms with Gasteiger partial charge >= 0.3 is 0 Å². The average molecular weight is 1170 g/mol. The van der Waals surface area contributed by atoms with Gasteiger partial charge in [-0.2, -0.15) is 0 Å². The van der Waals surface area contributed by atoms with Gasteiger partial charge in [0.05, 0.1) is 22.4 Å². The van der Waals surface area contributed by atoms with E-state index in [1.165, 1.54) is 111 Å². The van der Waals surface area contributed by atoms with Crippen LogP contribution in [0.2, 0.25) is 0 Å². The van der Waals surface area contributed by atoms with Crippen LogP contribution in [0.1, 0.15) is 52.7 Å². The summed E-state index contributed by atoms with van der Waals surface area (Å²) in [5.74, 6) is 0. The number of nitrogens with zero attached hydrogens (tertiary/aromatic N) is 4. The highest BCUT2D eigenvalue weighted by molar-refractivity contribution is 7.00. The fourth-order valence-corrected chi connectivity index (χ4v) is 14.9. The van der Waals surface area contributed by atoms with Crippen LogP contribution in [-0.2, 0) is 10.8 Å². The summed E-state index contributed by atoms with van der Waals surface area (Å²) in [6.07, 6.45) is 0. The lowest BCUT2D eigenvalue weighted by molar-refractivity contribution is 0.569. The van der Waals surface area contributed by atoms with Gasteiger partial charge in [0.2, 0.25) is 0 Å². The second kappa shape index (κ2) is 20.9. The summed E-state index contributed by atoms with van der Waals surface area (Å²) in [7, 11) is 0. The van der Waals surface area contributed by atoms with Crippen LogP contribution in [0.3, 0.4) is 0 Å². The number of anilines is 9. The molecule has 0 spiro atoms. The van der Waals surface area contributed by atoms with Crippen LogP contribution in [0.15, 0.2) is 297 Å². The van der Waals surface area contributed by atoms with E-state index in [9.17, 15) is 0 Å². The van der Waals surface area contributed by atoms with E-state index in [1.54, 1.807) is 0 Å². The molecule has 0 saturated heterocycles. The van der Waals surface area contributed by atoms with Crippen molar-refractivity contribution in [2.75, 3.05) is 14.7 Å². The molecule has 91 heavy (non-hydrogen) atoms. The van der Waals surface area contributed by atoms with Crippen molar-refractivity contribution in [2.45, 2.75) is 52.4 Å². The normalized spacial score (nSPS) is 12.9. The smallest absolute Gasteiger partial charge is 0.252 e. The van der Waals surface area contributed by atoms with E-state index < -0.39 is 0 Å². The fraction of sp³-hybridized carbons (Fsp3) is 0.0930. The summed E-state index contributed by atoms with van der Waals surface area (Å²) in [6, 6.07) is 112. The zero-order valence-corrected chi connectivity index (χ0v) is 52.2. The van der Waals surface area contributed by atoms with Gasteiger partial charge in [-0.05, 0) is 174 Å². The largest absolute Gasteiger partial charge is 0.311 e. The van der Waals surface area contributed by atoms with Crippen LogP contribution in [0.25, 0.3) is 83.1 Å². The van der Waals surface area contributed by atoms with Crippen molar-refractivity contribution in [3.8, 4) is 61.3 Å². The Morgan fingerprint density at radius 1 is 0.297 bits per heavy atom. The Kier molecular flexibility index (Phi) is 12.5. The summed E-state index contributed by atoms with van der Waals surface area (Å²) < 4.78 is 2.48. The zero-order chi connectivity index (χ0) is 61.3. The summed E-state index contributed by atoms with van der Waals surface area (Å²) in [5.41, 5.74) is 31.8. The van der Waals surface area contributed by atoms with E-state index in [1.807, 2.05) is 0 Å². The third-order valence-electron chi connectivity index (χ3n) is 19.3. The molecular weight excluding hydrogens is 1100 g/mol. The van der Waals surface area contributed by atoms with Gasteiger partial charge in [0.1, 0.15) is 0 Å². The Balaban J connectivity index is 1.01. The first kappa shape index (κ1) is 54.3. The van der Waals surface area contributed by atoms with E-state index in [0.29, 0.717) is 0 Å². The second-order valence-electron chi connectivity index (χ2n) is 26.9. The number of para-hydroxylation sites is 4. The molecule has 3 aliphatic heterocycles. The van der Waals surface area contributed by atoms with Crippen molar-refractivity contribution in [3.63, 3.8) is 0 Å². The number of hydrogen-bond donors (Lipinski definition) is 0. The lowest BCUT2D eigenvalue weighted by atomic mass is 9.33. The summed E-state index contributed by atoms with van der Waals surface area (Å²) in [6.45, 7) is 13.8. The van der Waals surface area contributed by atoms with Crippen molar-refractivity contribution < 1.29 is 0 Å². The molecule has 17 rings (SSSR count). The van der Waals surface area contributed by atoms with E-state index in [-0.39, 0.29) is 17.5 Å². The minimum absolute atomic E-state index is 0.0301. The molecule has 4 nitrogen and oxygen atoms in total. The Hall–Kier alpha value is -10.9. The third-order valence-corrected chi connectivity index (χ3v) is 19.3. The maximum absolute atomic E-state index is 2.66. The molecule has 434 valence electrons. The molecule has 0 unspecified atom stereocenters. The number of hydrogen-bond acceptors (Lipinski definition) is 3. The first-order valence-electron chi connectivity index (χ1n) is 32.0. The van der Waals surface area contributed by atoms with E-state index in [2.05, 4.69) is 358 Å². The molecule has 1 aromatic heterocycles. The molecule has 14 aromatic rings. The standard InChI is InChI=1S/C86H67BN4/c1-85(2,3)62-47-60(48-63(52-62)86(4,5)6)58-39-42-66(43-40-58)89-80-53-67(90-77-37-23-21-35-71(77)72-36-22-24-38-78(72)90)44-45-75(80)87-76-51-61(57-27-13-8-14-28-57)50-74-70-34-20-19-33-69(70)73-49-59(56-25-11-7-12-26-56)41-46-79(73)91(84(74)76)82-55-68(54-81(89)83(82)87)88(64-29-15-9-16-30-64)65-31-17-10-18-32-65/h7-55H,1-6H3. The number of rotatable bonds is 8. The SMILES string of the molecule is CC(C)(C)c1cc(-c2ccc(N3c4cc(-n5c6ccccc6c6ccccc65)ccc4B4c5cc(-c6ccccc6)cc6c5N(c5ccc(-c7ccccc7)cc5-c5ccccc5-6)c5cc(N(c6ccccc6)c6ccccc6)cc3c54)cc2)cc(C(C)(C)C)c1. The van der Waals surface area contributed by atoms with E-state index in [0.717, 1.165) is 51.2 Å². The predicted molar refractivity (Wildman–Crippen MR) is 388 cm³/mol. The van der Waals surface area contributed by atoms with Gasteiger partial charge in [-0.15, -0.1) is 0 Å². The molecule has 0 N–H and O–H groups in total. The highest BCUT2D eigenvalue weighted by Gasteiger charge is 2.47. The van der Waals surface area contributed by atoms with Gasteiger partial charge < -0.3 is 19.3 Å². The number of benzene rings is 13. The van der Waals surface area contributed by atoms with Gasteiger partial charge in [0.15, 0.2) is 0 Å². The van der Waals surface area contributed by atoms with Gasteiger partial charge in [-0.25, -0.2) is 0 Å². The molecule has 13 aromatic carbocycles. The molecule has 0 amide bonds. The highest BCUT2D eigenvalue weighted by Crippen LogP contribution is 2.56. The summed E-state index contributed by atoms with van der Waals surface area (Å²) in [5, 5.41) is 2.47. The zero-order valence-electron chi connectivity index (χ0n) is 52.2. The maximum Gasteiger partial charge on any atom is 0.252 e. The lowest BCUT2D eigenvalue weighted by Crippen LogP contribution is -2.61. The molecule has 3 aliphatic rings. The second-order valence-corrected chi connectivity index (χ2v) is 26.9. The summed E-state index contributed by atoms with van der Waals surface area (Å²) >= 11 is 0. The van der Waals surface area contributed by atoms with Gasteiger partial charge in [-0.3, -0.25) is 0 Å². The van der Waals surface area contributed by atoms with Crippen molar-refractivity contribution in [1.29, 1.82) is 0 Å². The quantitative estimate of drug-likeness (QED) is 0.141. The minimum Gasteiger partial charge on any atom is -0.311 e. The monoisotopic (exact) mass is 1170 g/mol. The Morgan fingerprint density at radius 3 is 1.36 bits per heavy atom. The highest BCUT2D eigenvalue weighted by atomic mass is 15.2. The third kappa shape index (κ3) is 8.89. The lowest BCUT2D eigenvalue weighted by Gasteiger charge is -2.45. The maximum atomic E-state index is 2.66. The van der Waals surface area contributed by atoms with Gasteiger partial charge in [0, 0.05) is 67.4 Å². The molecule has 0 atom stereocenters. The molecule has 0 fully saturated rings. The van der Waals surface area contributed by atoms with Crippen molar-refractivity contribution in [1.82, 2.24) is 4.57 Å². The molecule has 0 saturated carbocycles. The van der Waals surface area contributed by atoms with E-state index >= 15 is 0 Å². The average Bonchev–Trinajstić information content (AvgIpc) is 1.64. The Bertz CT molecular complexity index is 5070. The van der Waals surface area contributed by atoms with E-state index in [4.69, 9.17) is 0 Å². The predicted octanol–water partition coefficient (Wildman–Crippen LogP) is 21.6. The molecule has 5 heteroatoms. The molecular formula is C86H67BN4. The van der Waals surface area contributed by atoms with Crippen LogP contribution < -0.4 is 31.1 Å². The number of fused-ring (bicyclic) bond motifs is 12. The van der Waals surface area contributed by atoms with Crippen LogP contribution in [-0.4, -0.2) is 11.3 Å². The first-order valence-corrected chi connectivity index (χ1v) is 32.0. The van der Waals surface area contributed by atoms with Gasteiger partial charge in [-0.1, -0.05) is 248 Å². The Labute approximate surface area is 534 Å². The Morgan fingerprint density at radius 2 is 0.769 bits per heavy atom. The molecule has 0 aliphatic carbocycles.